The molecule has 0 amide bonds. The maximum absolute atomic E-state index is 10.1. The molecule has 0 aliphatic carbocycles. The molecule has 0 aromatic heterocycles. The zero-order valence-corrected chi connectivity index (χ0v) is 14.9. The molecule has 2 aromatic rings. The molecule has 0 spiro atoms. The molecule has 116 valence electrons. The molecular weight excluding hydrogens is 289 g/mol. The maximum atomic E-state index is 10.1. The van der Waals surface area contributed by atoms with E-state index in [1.54, 1.807) is 6.07 Å². The predicted molar refractivity (Wildman–Crippen MR) is 99.0 cm³/mol. The van der Waals surface area contributed by atoms with Gasteiger partial charge in [-0.2, -0.15) is 0 Å². The van der Waals surface area contributed by atoms with Crippen LogP contribution in [-0.4, -0.2) is 16.9 Å². The lowest BCUT2D eigenvalue weighted by Gasteiger charge is -2.14. The number of phenolic OH excluding ortho intramolecular Hbond substituents is 1. The van der Waals surface area contributed by atoms with Gasteiger partial charge in [0.25, 0.3) is 0 Å². The average molecular weight is 313 g/mol. The van der Waals surface area contributed by atoms with Gasteiger partial charge in [0.15, 0.2) is 0 Å². The summed E-state index contributed by atoms with van der Waals surface area (Å²) in [7, 11) is 0.422. The van der Waals surface area contributed by atoms with E-state index in [9.17, 15) is 5.11 Å². The Bertz CT molecular complexity index is 699. The highest BCUT2D eigenvalue weighted by atomic mass is 31.1. The van der Waals surface area contributed by atoms with Crippen LogP contribution in [0.1, 0.15) is 37.5 Å². The molecule has 22 heavy (non-hydrogen) atoms. The lowest BCUT2D eigenvalue weighted by molar-refractivity contribution is 0.479. The van der Waals surface area contributed by atoms with Crippen LogP contribution in [0, 0.1) is 13.8 Å². The van der Waals surface area contributed by atoms with Gasteiger partial charge < -0.3 is 5.11 Å². The zero-order chi connectivity index (χ0) is 16.3. The third-order valence-corrected chi connectivity index (χ3v) is 4.91. The Kier molecular flexibility index (Phi) is 5.03. The summed E-state index contributed by atoms with van der Waals surface area (Å²) < 4.78 is 0. The molecule has 0 bridgehead atoms. The Labute approximate surface area is 135 Å². The first kappa shape index (κ1) is 16.7. The second-order valence-corrected chi connectivity index (χ2v) is 7.90. The van der Waals surface area contributed by atoms with Gasteiger partial charge in [-0.15, -0.1) is 0 Å². The van der Waals surface area contributed by atoms with Crippen molar-refractivity contribution in [3.05, 3.63) is 53.1 Å². The summed E-state index contributed by atoms with van der Waals surface area (Å²) in [6.07, 6.45) is 1.96. The second kappa shape index (κ2) is 6.62. The van der Waals surface area contributed by atoms with Crippen LogP contribution in [0.15, 0.2) is 41.4 Å². The van der Waals surface area contributed by atoms with Crippen LogP contribution >= 0.6 is 8.58 Å². The summed E-state index contributed by atoms with van der Waals surface area (Å²) in [6, 6.07) is 12.0. The first-order valence-electron chi connectivity index (χ1n) is 7.48. The molecule has 0 radical (unpaired) electrons. The van der Waals surface area contributed by atoms with Crippen LogP contribution in [0.3, 0.4) is 0 Å². The molecular formula is C19H24NOP. The first-order valence-corrected chi connectivity index (χ1v) is 8.48. The van der Waals surface area contributed by atoms with Crippen molar-refractivity contribution in [3.63, 3.8) is 0 Å². The van der Waals surface area contributed by atoms with E-state index < -0.39 is 0 Å². The summed E-state index contributed by atoms with van der Waals surface area (Å²) in [4.78, 5) is 4.63. The molecule has 1 unspecified atom stereocenters. The van der Waals surface area contributed by atoms with E-state index >= 15 is 0 Å². The lowest BCUT2D eigenvalue weighted by atomic mass is 10.1. The number of nitrogens with zero attached hydrogens (tertiary/aromatic N) is 1. The minimum Gasteiger partial charge on any atom is -0.507 e. The highest BCUT2D eigenvalue weighted by Gasteiger charge is 2.10. The number of hydrogen-bond donors (Lipinski definition) is 1. The van der Waals surface area contributed by atoms with Crippen molar-refractivity contribution in [1.29, 1.82) is 0 Å². The highest BCUT2D eigenvalue weighted by molar-refractivity contribution is 7.56. The summed E-state index contributed by atoms with van der Waals surface area (Å²) in [5, 5.41) is 12.3. The molecule has 0 saturated heterocycles. The van der Waals surface area contributed by atoms with Gasteiger partial charge in [-0.25, -0.2) is 0 Å². The van der Waals surface area contributed by atoms with Gasteiger partial charge in [0, 0.05) is 17.1 Å². The second-order valence-electron chi connectivity index (χ2n) is 6.61. The molecule has 2 aromatic carbocycles. The third-order valence-electron chi connectivity index (χ3n) is 3.31. The van der Waals surface area contributed by atoms with Crippen LogP contribution in [-0.2, 0) is 0 Å². The van der Waals surface area contributed by atoms with Gasteiger partial charge in [-0.05, 0) is 57.6 Å². The Morgan fingerprint density at radius 2 is 1.82 bits per heavy atom. The lowest BCUT2D eigenvalue weighted by Crippen LogP contribution is -2.15. The summed E-state index contributed by atoms with van der Waals surface area (Å²) in [6.45, 7) is 10.4. The Morgan fingerprint density at radius 1 is 1.09 bits per heavy atom. The van der Waals surface area contributed by atoms with Crippen LogP contribution in [0.5, 0.6) is 5.75 Å². The molecule has 3 heteroatoms. The van der Waals surface area contributed by atoms with E-state index in [0.29, 0.717) is 14.3 Å². The highest BCUT2D eigenvalue weighted by Crippen LogP contribution is 2.22. The number of aliphatic imine (C=N–C) groups is 1. The average Bonchev–Trinajstić information content (AvgIpc) is 2.42. The van der Waals surface area contributed by atoms with Crippen molar-refractivity contribution < 1.29 is 5.11 Å². The minimum absolute atomic E-state index is 0.0877. The van der Waals surface area contributed by atoms with Crippen LogP contribution in [0.4, 0.5) is 0 Å². The van der Waals surface area contributed by atoms with E-state index in [4.69, 9.17) is 0 Å². The zero-order valence-electron chi connectivity index (χ0n) is 13.9. The summed E-state index contributed by atoms with van der Waals surface area (Å²) in [5.74, 6) is 0.367. The molecule has 0 fully saturated rings. The topological polar surface area (TPSA) is 32.6 Å². The van der Waals surface area contributed by atoms with Crippen LogP contribution in [0.2, 0.25) is 0 Å². The largest absolute Gasteiger partial charge is 0.507 e. The number of aromatic hydroxyl groups is 1. The summed E-state index contributed by atoms with van der Waals surface area (Å²) >= 11 is 0. The van der Waals surface area contributed by atoms with Crippen molar-refractivity contribution in [2.45, 2.75) is 40.2 Å². The number of phenols is 1. The summed E-state index contributed by atoms with van der Waals surface area (Å²) in [5.41, 5.74) is 3.44. The molecule has 0 aliphatic heterocycles. The maximum Gasteiger partial charge on any atom is 0.123 e. The molecule has 0 heterocycles. The number of aryl methyl sites for hydroxylation is 2. The smallest absolute Gasteiger partial charge is 0.123 e. The predicted octanol–water partition coefficient (Wildman–Crippen LogP) is 3.86. The van der Waals surface area contributed by atoms with Gasteiger partial charge >= 0.3 is 0 Å². The standard InChI is InChI=1S/C19H24NOP/c1-13-9-10-16(21)17(11-13)22-18-14(2)7-6-8-15(18)12-20-19(3,4)5/h6-12,21-22H,1-5H3. The minimum atomic E-state index is -0.0877. The fraction of sp³-hybridized carbons (Fsp3) is 0.316. The van der Waals surface area contributed by atoms with Crippen molar-refractivity contribution >= 4 is 25.4 Å². The SMILES string of the molecule is Cc1ccc(O)c(Pc2c(C)cccc2C=NC(C)(C)C)c1. The molecule has 2 rings (SSSR count). The fourth-order valence-corrected chi connectivity index (χ4v) is 3.47. The molecule has 1 atom stereocenters. The van der Waals surface area contributed by atoms with Gasteiger partial charge in [0.1, 0.15) is 5.75 Å². The Hall–Kier alpha value is -1.66. The number of benzene rings is 2. The quantitative estimate of drug-likeness (QED) is 0.677. The van der Waals surface area contributed by atoms with Gasteiger partial charge in [0.05, 0.1) is 5.54 Å². The van der Waals surface area contributed by atoms with Crippen LogP contribution in [0.25, 0.3) is 0 Å². The molecule has 1 N–H and O–H groups in total. The third kappa shape index (κ3) is 4.42. The van der Waals surface area contributed by atoms with E-state index in [0.717, 1.165) is 10.9 Å². The molecule has 2 nitrogen and oxygen atoms in total. The van der Waals surface area contributed by atoms with E-state index in [1.165, 1.54) is 16.4 Å². The van der Waals surface area contributed by atoms with E-state index in [2.05, 4.69) is 57.0 Å². The number of hydrogen-bond acceptors (Lipinski definition) is 2. The van der Waals surface area contributed by atoms with Crippen molar-refractivity contribution in [2.75, 3.05) is 0 Å². The normalized spacial score (nSPS) is 12.6. The van der Waals surface area contributed by atoms with Crippen molar-refractivity contribution in [3.8, 4) is 5.75 Å². The van der Waals surface area contributed by atoms with Gasteiger partial charge in [0.2, 0.25) is 0 Å². The van der Waals surface area contributed by atoms with Gasteiger partial charge in [-0.1, -0.05) is 38.4 Å². The Morgan fingerprint density at radius 3 is 2.50 bits per heavy atom. The van der Waals surface area contributed by atoms with E-state index in [-0.39, 0.29) is 5.54 Å². The monoisotopic (exact) mass is 313 g/mol. The van der Waals surface area contributed by atoms with Crippen LogP contribution < -0.4 is 10.6 Å². The fourth-order valence-electron chi connectivity index (χ4n) is 2.12. The van der Waals surface area contributed by atoms with Crippen molar-refractivity contribution in [2.24, 2.45) is 4.99 Å². The molecule has 0 aliphatic rings. The molecule has 0 saturated carbocycles. The first-order chi connectivity index (χ1) is 10.3. The van der Waals surface area contributed by atoms with Crippen molar-refractivity contribution in [1.82, 2.24) is 0 Å². The van der Waals surface area contributed by atoms with E-state index in [1.807, 2.05) is 19.2 Å². The number of rotatable bonds is 3. The Balaban J connectivity index is 2.42. The van der Waals surface area contributed by atoms with Gasteiger partial charge in [-0.3, -0.25) is 4.99 Å².